The van der Waals surface area contributed by atoms with Gasteiger partial charge in [0.25, 0.3) is 5.91 Å². The zero-order chi connectivity index (χ0) is 17.0. The third kappa shape index (κ3) is 5.09. The smallest absolute Gasteiger partial charge is 0.337 e. The van der Waals surface area contributed by atoms with E-state index in [0.717, 1.165) is 0 Å². The van der Waals surface area contributed by atoms with Gasteiger partial charge in [-0.15, -0.1) is 0 Å². The molecule has 0 spiro atoms. The van der Waals surface area contributed by atoms with E-state index in [-0.39, 0.29) is 23.1 Å². The standard InChI is InChI=1S/C15H20F3N3O2/c1-2-20(10-15(16,17)18)8-11-6-7-21(9-11)14(23)12-4-3-5-13(22)19-12/h3-5,11H,2,6-10H2,1H3,(H,19,22)/t11-/m1/s1. The molecule has 5 nitrogen and oxygen atoms in total. The van der Waals surface area contributed by atoms with Gasteiger partial charge in [0.2, 0.25) is 5.56 Å². The summed E-state index contributed by atoms with van der Waals surface area (Å²) >= 11 is 0. The molecule has 1 aliphatic heterocycles. The molecule has 1 aromatic heterocycles. The maximum absolute atomic E-state index is 12.5. The number of H-pyrrole nitrogens is 1. The highest BCUT2D eigenvalue weighted by atomic mass is 19.4. The summed E-state index contributed by atoms with van der Waals surface area (Å²) in [5.41, 5.74) is -0.144. The number of rotatable bonds is 5. The molecular formula is C15H20F3N3O2. The Bertz CT molecular complexity index is 600. The molecule has 23 heavy (non-hydrogen) atoms. The van der Waals surface area contributed by atoms with Gasteiger partial charge in [0, 0.05) is 25.7 Å². The Morgan fingerprint density at radius 1 is 1.43 bits per heavy atom. The lowest BCUT2D eigenvalue weighted by molar-refractivity contribution is -0.146. The molecule has 1 atom stereocenters. The number of carbonyl (C=O) groups excluding carboxylic acids is 1. The second-order valence-electron chi connectivity index (χ2n) is 5.78. The van der Waals surface area contributed by atoms with Crippen LogP contribution in [0.1, 0.15) is 23.8 Å². The van der Waals surface area contributed by atoms with Gasteiger partial charge >= 0.3 is 6.18 Å². The third-order valence-electron chi connectivity index (χ3n) is 3.94. The van der Waals surface area contributed by atoms with Crippen molar-refractivity contribution in [1.82, 2.24) is 14.8 Å². The average Bonchev–Trinajstić information content (AvgIpc) is 2.92. The minimum absolute atomic E-state index is 0.0108. The van der Waals surface area contributed by atoms with Crippen LogP contribution >= 0.6 is 0 Å². The number of hydrogen-bond acceptors (Lipinski definition) is 3. The number of alkyl halides is 3. The Hall–Kier alpha value is -1.83. The molecule has 1 amide bonds. The van der Waals surface area contributed by atoms with E-state index in [2.05, 4.69) is 4.98 Å². The topological polar surface area (TPSA) is 56.4 Å². The summed E-state index contributed by atoms with van der Waals surface area (Å²) in [7, 11) is 0. The highest BCUT2D eigenvalue weighted by Gasteiger charge is 2.33. The number of carbonyl (C=O) groups is 1. The second-order valence-corrected chi connectivity index (χ2v) is 5.78. The van der Waals surface area contributed by atoms with Gasteiger partial charge in [0.05, 0.1) is 6.54 Å². The Balaban J connectivity index is 1.93. The van der Waals surface area contributed by atoms with E-state index < -0.39 is 12.7 Å². The Labute approximate surface area is 132 Å². The molecule has 0 aromatic carbocycles. The summed E-state index contributed by atoms with van der Waals surface area (Å²) in [6.07, 6.45) is -3.55. The van der Waals surface area contributed by atoms with Gasteiger partial charge in [0.1, 0.15) is 5.69 Å². The van der Waals surface area contributed by atoms with Crippen molar-refractivity contribution in [3.63, 3.8) is 0 Å². The number of nitrogens with zero attached hydrogens (tertiary/aromatic N) is 2. The molecule has 0 saturated carbocycles. The van der Waals surface area contributed by atoms with Crippen LogP contribution in [-0.4, -0.2) is 59.6 Å². The van der Waals surface area contributed by atoms with Crippen molar-refractivity contribution < 1.29 is 18.0 Å². The molecule has 1 aliphatic rings. The van der Waals surface area contributed by atoms with Crippen LogP contribution in [0.5, 0.6) is 0 Å². The van der Waals surface area contributed by atoms with E-state index in [9.17, 15) is 22.8 Å². The number of aromatic amines is 1. The van der Waals surface area contributed by atoms with Gasteiger partial charge in [-0.3, -0.25) is 14.5 Å². The van der Waals surface area contributed by atoms with E-state index in [1.807, 2.05) is 0 Å². The summed E-state index contributed by atoms with van der Waals surface area (Å²) in [6.45, 7) is 2.29. The van der Waals surface area contributed by atoms with Crippen molar-refractivity contribution in [2.24, 2.45) is 5.92 Å². The molecule has 0 radical (unpaired) electrons. The zero-order valence-electron chi connectivity index (χ0n) is 12.9. The van der Waals surface area contributed by atoms with E-state index in [0.29, 0.717) is 32.6 Å². The van der Waals surface area contributed by atoms with Crippen molar-refractivity contribution in [1.29, 1.82) is 0 Å². The summed E-state index contributed by atoms with van der Waals surface area (Å²) in [5, 5.41) is 0. The van der Waals surface area contributed by atoms with Gasteiger partial charge in [-0.2, -0.15) is 13.2 Å². The fourth-order valence-electron chi connectivity index (χ4n) is 2.83. The lowest BCUT2D eigenvalue weighted by Gasteiger charge is -2.25. The van der Waals surface area contributed by atoms with Crippen LogP contribution in [0.25, 0.3) is 0 Å². The quantitative estimate of drug-likeness (QED) is 0.894. The van der Waals surface area contributed by atoms with Gasteiger partial charge in [0.15, 0.2) is 0 Å². The molecule has 2 heterocycles. The van der Waals surface area contributed by atoms with Crippen molar-refractivity contribution in [3.8, 4) is 0 Å². The summed E-state index contributed by atoms with van der Waals surface area (Å²) in [4.78, 5) is 28.9. The number of nitrogens with one attached hydrogen (secondary N) is 1. The van der Waals surface area contributed by atoms with E-state index in [4.69, 9.17) is 0 Å². The molecule has 1 fully saturated rings. The number of hydrogen-bond donors (Lipinski definition) is 1. The minimum Gasteiger partial charge on any atom is -0.337 e. The van der Waals surface area contributed by atoms with Gasteiger partial charge in [-0.25, -0.2) is 0 Å². The molecular weight excluding hydrogens is 311 g/mol. The normalized spacial score (nSPS) is 18.7. The maximum atomic E-state index is 12.5. The highest BCUT2D eigenvalue weighted by molar-refractivity contribution is 5.92. The van der Waals surface area contributed by atoms with Crippen LogP contribution in [0.4, 0.5) is 13.2 Å². The van der Waals surface area contributed by atoms with Crippen LogP contribution in [0.15, 0.2) is 23.0 Å². The van der Waals surface area contributed by atoms with E-state index >= 15 is 0 Å². The minimum atomic E-state index is -4.21. The van der Waals surface area contributed by atoms with Crippen molar-refractivity contribution >= 4 is 5.91 Å². The summed E-state index contributed by atoms with van der Waals surface area (Å²) < 4.78 is 37.5. The number of aromatic nitrogens is 1. The summed E-state index contributed by atoms with van der Waals surface area (Å²) in [6, 6.07) is 4.35. The molecule has 1 N–H and O–H groups in total. The molecule has 128 valence electrons. The van der Waals surface area contributed by atoms with Crippen LogP contribution in [0.3, 0.4) is 0 Å². The first-order valence-electron chi connectivity index (χ1n) is 7.56. The number of likely N-dealkylation sites (tertiary alicyclic amines) is 1. The van der Waals surface area contributed by atoms with E-state index in [1.54, 1.807) is 11.8 Å². The van der Waals surface area contributed by atoms with Crippen LogP contribution < -0.4 is 5.56 Å². The molecule has 1 saturated heterocycles. The molecule has 8 heteroatoms. The fourth-order valence-corrected chi connectivity index (χ4v) is 2.83. The molecule has 2 rings (SSSR count). The molecule has 0 aliphatic carbocycles. The average molecular weight is 331 g/mol. The predicted octanol–water partition coefficient (Wildman–Crippen LogP) is 1.72. The van der Waals surface area contributed by atoms with Crippen LogP contribution in [0.2, 0.25) is 0 Å². The van der Waals surface area contributed by atoms with Gasteiger partial charge in [-0.05, 0) is 24.9 Å². The zero-order valence-corrected chi connectivity index (χ0v) is 12.9. The molecule has 0 bridgehead atoms. The highest BCUT2D eigenvalue weighted by Crippen LogP contribution is 2.22. The van der Waals surface area contributed by atoms with Crippen molar-refractivity contribution in [2.45, 2.75) is 19.5 Å². The van der Waals surface area contributed by atoms with Crippen molar-refractivity contribution in [2.75, 3.05) is 32.7 Å². The maximum Gasteiger partial charge on any atom is 0.401 e. The first kappa shape index (κ1) is 17.5. The molecule has 1 aromatic rings. The molecule has 0 unspecified atom stereocenters. The predicted molar refractivity (Wildman–Crippen MR) is 79.2 cm³/mol. The SMILES string of the molecule is CCN(C[C@H]1CCN(C(=O)c2cccc(=O)[nH]2)C1)CC(F)(F)F. The van der Waals surface area contributed by atoms with Crippen LogP contribution in [0, 0.1) is 5.92 Å². The third-order valence-corrected chi connectivity index (χ3v) is 3.94. The van der Waals surface area contributed by atoms with Crippen LogP contribution in [-0.2, 0) is 0 Å². The number of amides is 1. The first-order chi connectivity index (χ1) is 10.8. The summed E-state index contributed by atoms with van der Waals surface area (Å²) in [5.74, 6) is -0.277. The Morgan fingerprint density at radius 2 is 2.17 bits per heavy atom. The lowest BCUT2D eigenvalue weighted by Crippen LogP contribution is -2.38. The Morgan fingerprint density at radius 3 is 2.78 bits per heavy atom. The lowest BCUT2D eigenvalue weighted by atomic mass is 10.1. The fraction of sp³-hybridized carbons (Fsp3) is 0.600. The van der Waals surface area contributed by atoms with Crippen molar-refractivity contribution in [3.05, 3.63) is 34.2 Å². The van der Waals surface area contributed by atoms with Gasteiger partial charge in [-0.1, -0.05) is 13.0 Å². The van der Waals surface area contributed by atoms with E-state index in [1.165, 1.54) is 23.1 Å². The largest absolute Gasteiger partial charge is 0.401 e. The monoisotopic (exact) mass is 331 g/mol. The second kappa shape index (κ2) is 7.16. The number of pyridine rings is 1. The Kier molecular flexibility index (Phi) is 5.46. The van der Waals surface area contributed by atoms with Gasteiger partial charge < -0.3 is 9.88 Å². The first-order valence-corrected chi connectivity index (χ1v) is 7.56. The number of halogens is 3.